The van der Waals surface area contributed by atoms with Crippen LogP contribution in [0, 0.1) is 0 Å². The first-order chi connectivity index (χ1) is 7.59. The first kappa shape index (κ1) is 12.3. The van der Waals surface area contributed by atoms with Crippen LogP contribution in [0.5, 0.6) is 0 Å². The Kier molecular flexibility index (Phi) is 3.87. The van der Waals surface area contributed by atoms with Crippen LogP contribution < -0.4 is 0 Å². The summed E-state index contributed by atoms with van der Waals surface area (Å²) in [4.78, 5) is 4.82. The van der Waals surface area contributed by atoms with Gasteiger partial charge < -0.3 is 5.11 Å². The number of halogens is 3. The number of pyridine rings is 1. The predicted molar refractivity (Wildman–Crippen MR) is 70.3 cm³/mol. The summed E-state index contributed by atoms with van der Waals surface area (Å²) in [6.45, 7) is 0. The van der Waals surface area contributed by atoms with Crippen molar-refractivity contribution in [2.24, 2.45) is 0 Å². The van der Waals surface area contributed by atoms with Crippen molar-refractivity contribution in [1.29, 1.82) is 0 Å². The van der Waals surface area contributed by atoms with Gasteiger partial charge in [-0.15, -0.1) is 11.3 Å². The van der Waals surface area contributed by atoms with E-state index in [2.05, 4.69) is 20.9 Å². The van der Waals surface area contributed by atoms with Gasteiger partial charge in [0.1, 0.15) is 6.10 Å². The van der Waals surface area contributed by atoms with Crippen molar-refractivity contribution in [3.05, 3.63) is 48.8 Å². The van der Waals surface area contributed by atoms with Crippen molar-refractivity contribution in [1.82, 2.24) is 4.98 Å². The third-order valence-corrected chi connectivity index (χ3v) is 4.42. The van der Waals surface area contributed by atoms with Gasteiger partial charge in [-0.25, -0.2) is 0 Å². The minimum Gasteiger partial charge on any atom is -0.381 e. The van der Waals surface area contributed by atoms with Gasteiger partial charge >= 0.3 is 0 Å². The van der Waals surface area contributed by atoms with Gasteiger partial charge in [0, 0.05) is 10.7 Å². The average molecular weight is 339 g/mol. The molecule has 0 saturated carbocycles. The molecule has 84 valence electrons. The zero-order valence-corrected chi connectivity index (χ0v) is 11.7. The summed E-state index contributed by atoms with van der Waals surface area (Å²) in [6.07, 6.45) is 0.632. The molecule has 0 fully saturated rings. The highest BCUT2D eigenvalue weighted by atomic mass is 79.9. The zero-order chi connectivity index (χ0) is 11.7. The lowest BCUT2D eigenvalue weighted by atomic mass is 10.2. The van der Waals surface area contributed by atoms with Crippen LogP contribution in [0.15, 0.2) is 28.2 Å². The minimum absolute atomic E-state index is 0.361. The van der Waals surface area contributed by atoms with Crippen molar-refractivity contribution >= 4 is 50.5 Å². The Morgan fingerprint density at radius 3 is 2.75 bits per heavy atom. The van der Waals surface area contributed by atoms with E-state index in [-0.39, 0.29) is 0 Å². The summed E-state index contributed by atoms with van der Waals surface area (Å²) in [5.74, 6) is 0. The summed E-state index contributed by atoms with van der Waals surface area (Å²) in [7, 11) is 0. The number of hydrogen-bond acceptors (Lipinski definition) is 3. The summed E-state index contributed by atoms with van der Waals surface area (Å²) < 4.78 is 0.845. The lowest BCUT2D eigenvalue weighted by Crippen LogP contribution is -2.01. The molecule has 2 aromatic rings. The summed E-state index contributed by atoms with van der Waals surface area (Å²) in [5.41, 5.74) is 0.411. The molecule has 2 rings (SSSR count). The van der Waals surface area contributed by atoms with Crippen LogP contribution in [0.25, 0.3) is 0 Å². The maximum atomic E-state index is 10.1. The Bertz CT molecular complexity index is 517. The fourth-order valence-corrected chi connectivity index (χ4v) is 3.31. The van der Waals surface area contributed by atoms with E-state index in [0.29, 0.717) is 15.7 Å². The van der Waals surface area contributed by atoms with E-state index in [1.165, 1.54) is 17.5 Å². The summed E-state index contributed by atoms with van der Waals surface area (Å²) in [6, 6.07) is 3.43. The standard InChI is InChI=1S/C10H6BrCl2NOS/c11-6-1-2-16-10(6)9(15)8-7(13)3-5(12)4-14-8/h1-4,9,15H. The number of aliphatic hydroxyl groups is 1. The minimum atomic E-state index is -0.834. The fourth-order valence-electron chi connectivity index (χ4n) is 1.25. The second-order valence-corrected chi connectivity index (χ2v) is 5.70. The molecule has 0 aliphatic heterocycles. The van der Waals surface area contributed by atoms with Crippen LogP contribution in [0.2, 0.25) is 10.0 Å². The Hall–Kier alpha value is -0.130. The number of rotatable bonds is 2. The largest absolute Gasteiger partial charge is 0.381 e. The van der Waals surface area contributed by atoms with E-state index in [9.17, 15) is 5.11 Å². The first-order valence-corrected chi connectivity index (χ1v) is 6.74. The highest BCUT2D eigenvalue weighted by Crippen LogP contribution is 2.35. The van der Waals surface area contributed by atoms with Crippen molar-refractivity contribution in [2.45, 2.75) is 6.10 Å². The second-order valence-electron chi connectivity index (χ2n) is 3.06. The van der Waals surface area contributed by atoms with Crippen LogP contribution in [-0.4, -0.2) is 10.1 Å². The molecule has 0 aliphatic carbocycles. The second kappa shape index (κ2) is 5.02. The molecule has 1 unspecified atom stereocenters. The van der Waals surface area contributed by atoms with Gasteiger partial charge in [0.2, 0.25) is 0 Å². The summed E-state index contributed by atoms with van der Waals surface area (Å²) >= 11 is 16.5. The van der Waals surface area contributed by atoms with Crippen LogP contribution in [0.4, 0.5) is 0 Å². The first-order valence-electron chi connectivity index (χ1n) is 4.31. The number of aromatic nitrogens is 1. The third kappa shape index (κ3) is 2.41. The lowest BCUT2D eigenvalue weighted by Gasteiger charge is -2.10. The van der Waals surface area contributed by atoms with Gasteiger partial charge in [0.25, 0.3) is 0 Å². The molecule has 0 amide bonds. The molecule has 0 spiro atoms. The molecule has 16 heavy (non-hydrogen) atoms. The SMILES string of the molecule is OC(c1ncc(Cl)cc1Cl)c1sccc1Br. The van der Waals surface area contributed by atoms with Crippen LogP contribution in [-0.2, 0) is 0 Å². The van der Waals surface area contributed by atoms with E-state index in [0.717, 1.165) is 9.35 Å². The molecule has 0 saturated heterocycles. The van der Waals surface area contributed by atoms with Crippen LogP contribution in [0.1, 0.15) is 16.7 Å². The molecular weight excluding hydrogens is 333 g/mol. The predicted octanol–water partition coefficient (Wildman–Crippen LogP) is 4.29. The topological polar surface area (TPSA) is 33.1 Å². The fraction of sp³-hybridized carbons (Fsp3) is 0.100. The number of nitrogens with zero attached hydrogens (tertiary/aromatic N) is 1. The normalized spacial score (nSPS) is 12.8. The third-order valence-electron chi connectivity index (χ3n) is 1.99. The molecule has 0 bridgehead atoms. The van der Waals surface area contributed by atoms with E-state index in [1.807, 2.05) is 11.4 Å². The monoisotopic (exact) mass is 337 g/mol. The molecule has 0 aromatic carbocycles. The molecule has 1 atom stereocenters. The highest BCUT2D eigenvalue weighted by Gasteiger charge is 2.19. The maximum Gasteiger partial charge on any atom is 0.133 e. The number of thiophene rings is 1. The van der Waals surface area contributed by atoms with Gasteiger partial charge in [-0.1, -0.05) is 23.2 Å². The Balaban J connectivity index is 2.41. The molecule has 0 radical (unpaired) electrons. The molecule has 1 N–H and O–H groups in total. The Morgan fingerprint density at radius 1 is 1.44 bits per heavy atom. The van der Waals surface area contributed by atoms with E-state index in [1.54, 1.807) is 6.07 Å². The van der Waals surface area contributed by atoms with Crippen molar-refractivity contribution < 1.29 is 5.11 Å². The number of aliphatic hydroxyl groups excluding tert-OH is 1. The molecule has 0 aliphatic rings. The highest BCUT2D eigenvalue weighted by molar-refractivity contribution is 9.10. The van der Waals surface area contributed by atoms with Gasteiger partial charge in [-0.05, 0) is 33.4 Å². The van der Waals surface area contributed by atoms with Gasteiger partial charge in [-0.2, -0.15) is 0 Å². The van der Waals surface area contributed by atoms with E-state index >= 15 is 0 Å². The van der Waals surface area contributed by atoms with Crippen molar-refractivity contribution in [2.75, 3.05) is 0 Å². The maximum absolute atomic E-state index is 10.1. The van der Waals surface area contributed by atoms with E-state index < -0.39 is 6.10 Å². The average Bonchev–Trinajstić information content (AvgIpc) is 2.63. The van der Waals surface area contributed by atoms with Crippen molar-refractivity contribution in [3.63, 3.8) is 0 Å². The van der Waals surface area contributed by atoms with E-state index in [4.69, 9.17) is 23.2 Å². The molecule has 2 aromatic heterocycles. The lowest BCUT2D eigenvalue weighted by molar-refractivity contribution is 0.218. The van der Waals surface area contributed by atoms with Crippen LogP contribution >= 0.6 is 50.5 Å². The Morgan fingerprint density at radius 2 is 2.19 bits per heavy atom. The quantitative estimate of drug-likeness (QED) is 0.885. The van der Waals surface area contributed by atoms with Gasteiger partial charge in [0.15, 0.2) is 0 Å². The summed E-state index contributed by atoms with van der Waals surface area (Å²) in [5, 5.41) is 12.8. The zero-order valence-electron chi connectivity index (χ0n) is 7.82. The number of hydrogen-bond donors (Lipinski definition) is 1. The smallest absolute Gasteiger partial charge is 0.133 e. The molecule has 2 heterocycles. The van der Waals surface area contributed by atoms with Crippen molar-refractivity contribution in [3.8, 4) is 0 Å². The van der Waals surface area contributed by atoms with Gasteiger partial charge in [-0.3, -0.25) is 4.98 Å². The molecular formula is C10H6BrCl2NOS. The van der Waals surface area contributed by atoms with Gasteiger partial charge in [0.05, 0.1) is 20.6 Å². The molecule has 2 nitrogen and oxygen atoms in total. The van der Waals surface area contributed by atoms with Crippen LogP contribution in [0.3, 0.4) is 0 Å². The Labute approximate surface area is 115 Å². The molecule has 6 heteroatoms.